The Morgan fingerprint density at radius 3 is 3.00 bits per heavy atom. The van der Waals surface area contributed by atoms with Crippen molar-refractivity contribution in [2.24, 2.45) is 5.41 Å². The van der Waals surface area contributed by atoms with E-state index in [0.29, 0.717) is 12.6 Å². The fourth-order valence-corrected chi connectivity index (χ4v) is 4.75. The van der Waals surface area contributed by atoms with Crippen LogP contribution in [-0.4, -0.2) is 40.9 Å². The first kappa shape index (κ1) is 16.9. The van der Waals surface area contributed by atoms with Gasteiger partial charge >= 0.3 is 6.03 Å². The first-order valence-corrected chi connectivity index (χ1v) is 9.92. The van der Waals surface area contributed by atoms with Gasteiger partial charge in [-0.3, -0.25) is 0 Å². The van der Waals surface area contributed by atoms with Crippen LogP contribution < -0.4 is 10.6 Å². The van der Waals surface area contributed by atoms with E-state index in [0.717, 1.165) is 38.1 Å². The topological polar surface area (TPSA) is 68.2 Å². The van der Waals surface area contributed by atoms with Gasteiger partial charge in [0.15, 0.2) is 0 Å². The molecule has 0 saturated heterocycles. The van der Waals surface area contributed by atoms with Gasteiger partial charge in [0.25, 0.3) is 0 Å². The lowest BCUT2D eigenvalue weighted by atomic mass is 9.51. The third-order valence-electron chi connectivity index (χ3n) is 6.37. The normalized spacial score (nSPS) is 26.4. The van der Waals surface area contributed by atoms with Crippen LogP contribution in [0.5, 0.6) is 0 Å². The number of nitrogens with zero attached hydrogens (tertiary/aromatic N) is 2. The molecule has 6 nitrogen and oxygen atoms in total. The van der Waals surface area contributed by atoms with Crippen LogP contribution in [0.4, 0.5) is 4.79 Å². The molecule has 25 heavy (non-hydrogen) atoms. The van der Waals surface area contributed by atoms with Crippen molar-refractivity contribution in [2.45, 2.75) is 77.0 Å². The van der Waals surface area contributed by atoms with Crippen molar-refractivity contribution >= 4 is 6.03 Å². The van der Waals surface area contributed by atoms with Crippen LogP contribution in [0.2, 0.25) is 0 Å². The molecule has 2 amide bonds. The molecule has 1 aliphatic heterocycles. The summed E-state index contributed by atoms with van der Waals surface area (Å²) in [7, 11) is 0. The van der Waals surface area contributed by atoms with E-state index in [2.05, 4.69) is 26.4 Å². The van der Waals surface area contributed by atoms with Gasteiger partial charge in [-0.1, -0.05) is 6.42 Å². The monoisotopic (exact) mass is 346 g/mol. The van der Waals surface area contributed by atoms with Crippen molar-refractivity contribution < 1.29 is 9.53 Å². The number of imidazole rings is 1. The first-order chi connectivity index (χ1) is 12.2. The first-order valence-electron chi connectivity index (χ1n) is 9.92. The minimum Gasteiger partial charge on any atom is -0.378 e. The van der Waals surface area contributed by atoms with E-state index < -0.39 is 0 Å². The van der Waals surface area contributed by atoms with Crippen LogP contribution >= 0.6 is 0 Å². The molecule has 2 atom stereocenters. The number of urea groups is 1. The second-order valence-corrected chi connectivity index (χ2v) is 7.77. The number of carbonyl (C=O) groups excluding carboxylic acids is 1. The predicted octanol–water partition coefficient (Wildman–Crippen LogP) is 2.41. The number of rotatable bonds is 6. The van der Waals surface area contributed by atoms with Crippen molar-refractivity contribution in [1.29, 1.82) is 0 Å². The summed E-state index contributed by atoms with van der Waals surface area (Å²) in [4.78, 5) is 16.9. The van der Waals surface area contributed by atoms with E-state index in [4.69, 9.17) is 4.74 Å². The van der Waals surface area contributed by atoms with Gasteiger partial charge < -0.3 is 19.9 Å². The third kappa shape index (κ3) is 3.16. The number of amides is 2. The van der Waals surface area contributed by atoms with Gasteiger partial charge in [-0.15, -0.1) is 0 Å². The van der Waals surface area contributed by atoms with E-state index >= 15 is 0 Å². The highest BCUT2D eigenvalue weighted by molar-refractivity contribution is 5.74. The minimum atomic E-state index is -0.0461. The number of nitrogens with one attached hydrogen (secondary N) is 2. The summed E-state index contributed by atoms with van der Waals surface area (Å²) in [5.74, 6) is 1.20. The van der Waals surface area contributed by atoms with Crippen LogP contribution in [0.15, 0.2) is 6.20 Å². The Labute approximate surface area is 149 Å². The van der Waals surface area contributed by atoms with Gasteiger partial charge in [0.2, 0.25) is 0 Å². The second kappa shape index (κ2) is 6.98. The zero-order chi connectivity index (χ0) is 17.3. The number of fused-ring (bicyclic) bond motifs is 1. The molecule has 0 bridgehead atoms. The van der Waals surface area contributed by atoms with Crippen LogP contribution in [0, 0.1) is 5.41 Å². The second-order valence-electron chi connectivity index (χ2n) is 7.77. The highest BCUT2D eigenvalue weighted by Crippen LogP contribution is 2.57. The van der Waals surface area contributed by atoms with Crippen molar-refractivity contribution in [3.8, 4) is 0 Å². The summed E-state index contributed by atoms with van der Waals surface area (Å²) in [6, 6.07) is 0.230. The summed E-state index contributed by atoms with van der Waals surface area (Å²) < 4.78 is 8.11. The van der Waals surface area contributed by atoms with Crippen LogP contribution in [-0.2, 0) is 24.1 Å². The van der Waals surface area contributed by atoms with Gasteiger partial charge in [0, 0.05) is 50.2 Å². The molecule has 2 heterocycles. The quantitative estimate of drug-likeness (QED) is 0.831. The molecule has 6 heteroatoms. The third-order valence-corrected chi connectivity index (χ3v) is 6.37. The molecular formula is C19H30N4O2. The van der Waals surface area contributed by atoms with Crippen LogP contribution in [0.25, 0.3) is 0 Å². The lowest BCUT2D eigenvalue weighted by Gasteiger charge is -2.60. The fraction of sp³-hybridized carbons (Fsp3) is 0.789. The Morgan fingerprint density at radius 1 is 1.40 bits per heavy atom. The minimum absolute atomic E-state index is 0.0461. The lowest BCUT2D eigenvalue weighted by molar-refractivity contribution is -0.169. The number of hydrogen-bond donors (Lipinski definition) is 2. The molecule has 138 valence electrons. The molecule has 1 spiro atoms. The van der Waals surface area contributed by atoms with E-state index in [-0.39, 0.29) is 17.5 Å². The van der Waals surface area contributed by atoms with Crippen molar-refractivity contribution in [2.75, 3.05) is 13.2 Å². The summed E-state index contributed by atoms with van der Waals surface area (Å²) in [5.41, 5.74) is 1.31. The molecule has 0 aromatic carbocycles. The number of aromatic nitrogens is 2. The SMILES string of the molecule is CCOC1CC(NC(=O)NCCc2cn3c(n2)CCCC3)C12CCC2. The standard InChI is InChI=1S/C19H30N4O2/c1-2-25-16-12-15(19(16)8-5-9-19)22-18(24)20-10-7-14-13-23-11-4-3-6-17(23)21-14/h13,15-16H,2-12H2,1H3,(H2,20,22,24). The number of aryl methyl sites for hydroxylation is 2. The van der Waals surface area contributed by atoms with Crippen molar-refractivity contribution in [3.05, 3.63) is 17.7 Å². The van der Waals surface area contributed by atoms with E-state index in [1.807, 2.05) is 6.92 Å². The average Bonchev–Trinajstić information content (AvgIpc) is 2.95. The molecule has 2 fully saturated rings. The van der Waals surface area contributed by atoms with E-state index in [9.17, 15) is 4.79 Å². The Morgan fingerprint density at radius 2 is 2.28 bits per heavy atom. The van der Waals surface area contributed by atoms with E-state index in [1.54, 1.807) is 0 Å². The van der Waals surface area contributed by atoms with Crippen molar-refractivity contribution in [3.63, 3.8) is 0 Å². The maximum Gasteiger partial charge on any atom is 0.315 e. The molecule has 3 aliphatic rings. The van der Waals surface area contributed by atoms with Crippen LogP contribution in [0.3, 0.4) is 0 Å². The fourth-order valence-electron chi connectivity index (χ4n) is 4.75. The Balaban J connectivity index is 1.21. The number of carbonyl (C=O) groups is 1. The molecule has 2 unspecified atom stereocenters. The highest BCUT2D eigenvalue weighted by Gasteiger charge is 2.59. The molecule has 4 rings (SSSR count). The number of hydrogen-bond acceptors (Lipinski definition) is 3. The van der Waals surface area contributed by atoms with Gasteiger partial charge in [0.05, 0.1) is 11.8 Å². The Hall–Kier alpha value is -1.56. The molecular weight excluding hydrogens is 316 g/mol. The summed E-state index contributed by atoms with van der Waals surface area (Å²) in [6.07, 6.45) is 11.4. The summed E-state index contributed by atoms with van der Waals surface area (Å²) >= 11 is 0. The van der Waals surface area contributed by atoms with Gasteiger partial charge in [-0.25, -0.2) is 9.78 Å². The molecule has 2 aliphatic carbocycles. The van der Waals surface area contributed by atoms with Crippen LogP contribution in [0.1, 0.15) is 57.0 Å². The molecule has 2 saturated carbocycles. The smallest absolute Gasteiger partial charge is 0.315 e. The molecule has 1 aromatic rings. The predicted molar refractivity (Wildman–Crippen MR) is 95.5 cm³/mol. The summed E-state index contributed by atoms with van der Waals surface area (Å²) in [6.45, 7) is 4.53. The van der Waals surface area contributed by atoms with Gasteiger partial charge in [-0.2, -0.15) is 0 Å². The molecule has 0 radical (unpaired) electrons. The molecule has 1 aromatic heterocycles. The summed E-state index contributed by atoms with van der Waals surface area (Å²) in [5, 5.41) is 6.18. The zero-order valence-electron chi connectivity index (χ0n) is 15.2. The Bertz CT molecular complexity index is 599. The van der Waals surface area contributed by atoms with Gasteiger partial charge in [0.1, 0.15) is 5.82 Å². The maximum absolute atomic E-state index is 12.2. The zero-order valence-corrected chi connectivity index (χ0v) is 15.2. The van der Waals surface area contributed by atoms with Gasteiger partial charge in [-0.05, 0) is 39.0 Å². The molecule has 2 N–H and O–H groups in total. The maximum atomic E-state index is 12.2. The average molecular weight is 346 g/mol. The highest BCUT2D eigenvalue weighted by atomic mass is 16.5. The number of ether oxygens (including phenoxy) is 1. The van der Waals surface area contributed by atoms with E-state index in [1.165, 1.54) is 37.9 Å². The Kier molecular flexibility index (Phi) is 4.71. The lowest BCUT2D eigenvalue weighted by Crippen LogP contribution is -2.68. The largest absolute Gasteiger partial charge is 0.378 e. The van der Waals surface area contributed by atoms with Crippen molar-refractivity contribution in [1.82, 2.24) is 20.2 Å².